The predicted octanol–water partition coefficient (Wildman–Crippen LogP) is 3.23. The summed E-state index contributed by atoms with van der Waals surface area (Å²) in [5.41, 5.74) is 7.84. The van der Waals surface area contributed by atoms with Crippen molar-refractivity contribution >= 4 is 5.69 Å². The summed E-state index contributed by atoms with van der Waals surface area (Å²) in [5.74, 6) is 2.01. The molecule has 0 saturated heterocycles. The SMILES string of the molecule is Cc1ccc(CN(C)CCCc2ccc(N)cc2)o1. The Hall–Kier alpha value is -1.74. The third-order valence-corrected chi connectivity index (χ3v) is 3.21. The molecule has 0 aliphatic rings. The van der Waals surface area contributed by atoms with Crippen molar-refractivity contribution < 1.29 is 4.42 Å². The van der Waals surface area contributed by atoms with Gasteiger partial charge in [-0.3, -0.25) is 4.90 Å². The molecule has 0 aliphatic carbocycles. The number of furan rings is 1. The molecule has 102 valence electrons. The molecular weight excluding hydrogens is 236 g/mol. The summed E-state index contributed by atoms with van der Waals surface area (Å²) in [4.78, 5) is 2.29. The first-order valence-electron chi connectivity index (χ1n) is 6.72. The maximum absolute atomic E-state index is 5.67. The first-order chi connectivity index (χ1) is 9.13. The van der Waals surface area contributed by atoms with E-state index in [4.69, 9.17) is 10.2 Å². The monoisotopic (exact) mass is 258 g/mol. The zero-order chi connectivity index (χ0) is 13.7. The summed E-state index contributed by atoms with van der Waals surface area (Å²) in [5, 5.41) is 0. The number of nitrogens with two attached hydrogens (primary N) is 1. The number of hydrogen-bond acceptors (Lipinski definition) is 3. The second-order valence-corrected chi connectivity index (χ2v) is 5.10. The number of aryl methyl sites for hydroxylation is 2. The van der Waals surface area contributed by atoms with Gasteiger partial charge < -0.3 is 10.2 Å². The molecule has 19 heavy (non-hydrogen) atoms. The molecule has 0 saturated carbocycles. The molecular formula is C16H22N2O. The molecule has 0 aliphatic heterocycles. The van der Waals surface area contributed by atoms with Gasteiger partial charge in [0.05, 0.1) is 6.54 Å². The molecule has 0 fully saturated rings. The highest BCUT2D eigenvalue weighted by atomic mass is 16.3. The van der Waals surface area contributed by atoms with E-state index < -0.39 is 0 Å². The van der Waals surface area contributed by atoms with Gasteiger partial charge in [-0.1, -0.05) is 12.1 Å². The molecule has 1 aromatic carbocycles. The normalized spacial score (nSPS) is 11.1. The van der Waals surface area contributed by atoms with Crippen LogP contribution in [0.3, 0.4) is 0 Å². The number of nitrogen functional groups attached to an aromatic ring is 1. The highest BCUT2D eigenvalue weighted by molar-refractivity contribution is 5.39. The second kappa shape index (κ2) is 6.43. The largest absolute Gasteiger partial charge is 0.465 e. The molecule has 0 amide bonds. The lowest BCUT2D eigenvalue weighted by atomic mass is 10.1. The molecule has 0 bridgehead atoms. The van der Waals surface area contributed by atoms with Crippen LogP contribution in [0.4, 0.5) is 5.69 Å². The van der Waals surface area contributed by atoms with Crippen LogP contribution in [0.5, 0.6) is 0 Å². The van der Waals surface area contributed by atoms with Crippen molar-refractivity contribution in [3.63, 3.8) is 0 Å². The number of anilines is 1. The van der Waals surface area contributed by atoms with Crippen LogP contribution in [0.2, 0.25) is 0 Å². The minimum atomic E-state index is 0.828. The van der Waals surface area contributed by atoms with Crippen molar-refractivity contribution in [3.8, 4) is 0 Å². The summed E-state index contributed by atoms with van der Waals surface area (Å²) >= 11 is 0. The second-order valence-electron chi connectivity index (χ2n) is 5.10. The Morgan fingerprint density at radius 3 is 2.47 bits per heavy atom. The molecule has 1 heterocycles. The summed E-state index contributed by atoms with van der Waals surface area (Å²) in [6.07, 6.45) is 2.22. The van der Waals surface area contributed by atoms with Crippen LogP contribution < -0.4 is 5.73 Å². The van der Waals surface area contributed by atoms with Gasteiger partial charge in [-0.05, 0) is 63.2 Å². The Kier molecular flexibility index (Phi) is 4.63. The van der Waals surface area contributed by atoms with Gasteiger partial charge in [0.2, 0.25) is 0 Å². The lowest BCUT2D eigenvalue weighted by Gasteiger charge is -2.14. The van der Waals surface area contributed by atoms with Gasteiger partial charge in [-0.25, -0.2) is 0 Å². The van der Waals surface area contributed by atoms with E-state index in [-0.39, 0.29) is 0 Å². The van der Waals surface area contributed by atoms with Crippen molar-refractivity contribution in [2.24, 2.45) is 0 Å². The molecule has 0 radical (unpaired) electrons. The third kappa shape index (κ3) is 4.45. The number of rotatable bonds is 6. The summed E-state index contributed by atoms with van der Waals surface area (Å²) in [6.45, 7) is 3.91. The maximum atomic E-state index is 5.67. The van der Waals surface area contributed by atoms with Gasteiger partial charge in [-0.2, -0.15) is 0 Å². The van der Waals surface area contributed by atoms with E-state index in [1.54, 1.807) is 0 Å². The van der Waals surface area contributed by atoms with Gasteiger partial charge in [0, 0.05) is 5.69 Å². The minimum absolute atomic E-state index is 0.828. The molecule has 2 N–H and O–H groups in total. The molecule has 3 heteroatoms. The van der Waals surface area contributed by atoms with Crippen molar-refractivity contribution in [3.05, 3.63) is 53.5 Å². The average molecular weight is 258 g/mol. The standard InChI is InChI=1S/C16H22N2O/c1-13-5-10-16(19-13)12-18(2)11-3-4-14-6-8-15(17)9-7-14/h5-10H,3-4,11-12,17H2,1-2H3. The van der Waals surface area contributed by atoms with Crippen molar-refractivity contribution in [2.45, 2.75) is 26.3 Å². The molecule has 0 unspecified atom stereocenters. The smallest absolute Gasteiger partial charge is 0.118 e. The van der Waals surface area contributed by atoms with E-state index in [1.807, 2.05) is 31.2 Å². The third-order valence-electron chi connectivity index (χ3n) is 3.21. The van der Waals surface area contributed by atoms with Crippen molar-refractivity contribution in [1.82, 2.24) is 4.90 Å². The zero-order valence-corrected chi connectivity index (χ0v) is 11.7. The Labute approximate surface area is 115 Å². The van der Waals surface area contributed by atoms with Crippen LogP contribution in [0.25, 0.3) is 0 Å². The fraction of sp³-hybridized carbons (Fsp3) is 0.375. The quantitative estimate of drug-likeness (QED) is 0.809. The Morgan fingerprint density at radius 1 is 1.11 bits per heavy atom. The van der Waals surface area contributed by atoms with Crippen LogP contribution in [0.15, 0.2) is 40.8 Å². The lowest BCUT2D eigenvalue weighted by molar-refractivity contribution is 0.289. The molecule has 1 aromatic heterocycles. The Morgan fingerprint density at radius 2 is 1.84 bits per heavy atom. The number of nitrogens with zero attached hydrogens (tertiary/aromatic N) is 1. The van der Waals surface area contributed by atoms with Crippen LogP contribution >= 0.6 is 0 Å². The van der Waals surface area contributed by atoms with Gasteiger partial charge in [0.15, 0.2) is 0 Å². The van der Waals surface area contributed by atoms with Crippen LogP contribution in [0, 0.1) is 6.92 Å². The minimum Gasteiger partial charge on any atom is -0.465 e. The molecule has 2 aromatic rings. The average Bonchev–Trinajstić information content (AvgIpc) is 2.77. The van der Waals surface area contributed by atoms with E-state index in [2.05, 4.69) is 24.1 Å². The highest BCUT2D eigenvalue weighted by Crippen LogP contribution is 2.10. The fourth-order valence-corrected chi connectivity index (χ4v) is 2.15. The summed E-state index contributed by atoms with van der Waals surface area (Å²) in [7, 11) is 2.13. The van der Waals surface area contributed by atoms with Gasteiger partial charge in [-0.15, -0.1) is 0 Å². The van der Waals surface area contributed by atoms with Crippen LogP contribution in [0.1, 0.15) is 23.5 Å². The van der Waals surface area contributed by atoms with Crippen LogP contribution in [-0.2, 0) is 13.0 Å². The molecule has 3 nitrogen and oxygen atoms in total. The van der Waals surface area contributed by atoms with Crippen LogP contribution in [-0.4, -0.2) is 18.5 Å². The van der Waals surface area contributed by atoms with E-state index >= 15 is 0 Å². The Balaban J connectivity index is 1.71. The summed E-state index contributed by atoms with van der Waals surface area (Å²) in [6, 6.07) is 12.2. The first kappa shape index (κ1) is 13.7. The Bertz CT molecular complexity index is 502. The van der Waals surface area contributed by atoms with Crippen molar-refractivity contribution in [2.75, 3.05) is 19.3 Å². The lowest BCUT2D eigenvalue weighted by Crippen LogP contribution is -2.19. The first-order valence-corrected chi connectivity index (χ1v) is 6.72. The van der Waals surface area contributed by atoms with Gasteiger partial charge in [0.1, 0.15) is 11.5 Å². The predicted molar refractivity (Wildman–Crippen MR) is 79.0 cm³/mol. The molecule has 0 atom stereocenters. The summed E-state index contributed by atoms with van der Waals surface area (Å²) < 4.78 is 5.58. The fourth-order valence-electron chi connectivity index (χ4n) is 2.15. The van der Waals surface area contributed by atoms with E-state index in [0.717, 1.165) is 43.1 Å². The number of hydrogen-bond donors (Lipinski definition) is 1. The van der Waals surface area contributed by atoms with Crippen molar-refractivity contribution in [1.29, 1.82) is 0 Å². The van der Waals surface area contributed by atoms with Gasteiger partial charge in [0.25, 0.3) is 0 Å². The van der Waals surface area contributed by atoms with Gasteiger partial charge >= 0.3 is 0 Å². The topological polar surface area (TPSA) is 42.4 Å². The maximum Gasteiger partial charge on any atom is 0.118 e. The molecule has 2 rings (SSSR count). The van der Waals surface area contributed by atoms with E-state index in [0.29, 0.717) is 0 Å². The molecule has 0 spiro atoms. The highest BCUT2D eigenvalue weighted by Gasteiger charge is 2.04. The van der Waals surface area contributed by atoms with E-state index in [9.17, 15) is 0 Å². The van der Waals surface area contributed by atoms with E-state index in [1.165, 1.54) is 5.56 Å². The zero-order valence-electron chi connectivity index (χ0n) is 11.7. The number of benzene rings is 1.